The quantitative estimate of drug-likeness (QED) is 0.497. The van der Waals surface area contributed by atoms with Gasteiger partial charge < -0.3 is 4.53 Å². The van der Waals surface area contributed by atoms with Crippen LogP contribution in [0.15, 0.2) is 24.3 Å². The van der Waals surface area contributed by atoms with Gasteiger partial charge in [-0.1, -0.05) is 83.6 Å². The van der Waals surface area contributed by atoms with E-state index in [4.69, 9.17) is 4.53 Å². The molecule has 0 aliphatic carbocycles. The van der Waals surface area contributed by atoms with Crippen LogP contribution < -0.4 is 0 Å². The fourth-order valence-corrected chi connectivity index (χ4v) is 4.46. The molecule has 158 valence electrons. The fraction of sp³-hybridized carbons (Fsp3) is 0.708. The van der Waals surface area contributed by atoms with Crippen molar-refractivity contribution in [3.05, 3.63) is 35.4 Å². The number of carbonyl (C=O) groups excluding carboxylic acids is 1. The van der Waals surface area contributed by atoms with E-state index in [9.17, 15) is 4.79 Å². The molecule has 0 unspecified atom stereocenters. The minimum Gasteiger partial charge on any atom is -0.317 e. The maximum atomic E-state index is 13.1. The van der Waals surface area contributed by atoms with Gasteiger partial charge >= 0.3 is 0 Å². The van der Waals surface area contributed by atoms with Gasteiger partial charge in [-0.25, -0.2) is 5.06 Å². The summed E-state index contributed by atoms with van der Waals surface area (Å²) in [5, 5.41) is 1.79. The summed E-state index contributed by atoms with van der Waals surface area (Å²) in [4.78, 5) is 13.1. The molecule has 4 heteroatoms. The van der Waals surface area contributed by atoms with E-state index in [0.717, 1.165) is 19.3 Å². The topological polar surface area (TPSA) is 29.5 Å². The van der Waals surface area contributed by atoms with Gasteiger partial charge in [0.1, 0.15) is 0 Å². The molecular weight excluding hydrogens is 362 g/mol. The number of hydrogen-bond donors (Lipinski definition) is 0. The lowest BCUT2D eigenvalue weighted by atomic mass is 10.00. The second-order valence-electron chi connectivity index (χ2n) is 9.88. The Hall–Kier alpha value is -1.13. The molecule has 0 radical (unpaired) electrons. The molecule has 1 aliphatic heterocycles. The highest BCUT2D eigenvalue weighted by Gasteiger charge is 2.40. The molecule has 0 saturated carbocycles. The fourth-order valence-electron chi connectivity index (χ4n) is 3.47. The zero-order valence-corrected chi connectivity index (χ0v) is 19.9. The third-order valence-electron chi connectivity index (χ3n) is 6.44. The van der Waals surface area contributed by atoms with E-state index in [0.29, 0.717) is 13.0 Å². The number of hydrogen-bond acceptors (Lipinski definition) is 2. The average Bonchev–Trinajstić information content (AvgIpc) is 2.62. The minimum atomic E-state index is -2.07. The molecule has 0 bridgehead atoms. The molecule has 1 amide bonds. The van der Waals surface area contributed by atoms with E-state index in [1.165, 1.54) is 49.7 Å². The van der Waals surface area contributed by atoms with E-state index in [2.05, 4.69) is 58.1 Å². The van der Waals surface area contributed by atoms with Gasteiger partial charge in [-0.3, -0.25) is 4.79 Å². The zero-order valence-electron chi connectivity index (χ0n) is 18.9. The number of rotatable bonds is 2. The summed E-state index contributed by atoms with van der Waals surface area (Å²) < 4.78 is 6.52. The molecule has 0 aromatic heterocycles. The van der Waals surface area contributed by atoms with Gasteiger partial charge in [0.05, 0.1) is 6.54 Å². The first-order valence-corrected chi connectivity index (χ1v) is 14.2. The molecule has 0 fully saturated rings. The van der Waals surface area contributed by atoms with Crippen molar-refractivity contribution in [1.82, 2.24) is 5.06 Å². The standard InChI is InChI=1S/C24H41NO2Si/c1-24(2,3)28(4,5)27-25-20-22-18-15-14-17-21(22)16-12-10-8-6-7-9-11-13-19-23(25)26/h14-15,17-18H,6-13,16,19-20H2,1-5H3. The van der Waals surface area contributed by atoms with Gasteiger partial charge in [0.15, 0.2) is 0 Å². The number of carbonyl (C=O) groups is 1. The molecule has 1 aromatic rings. The van der Waals surface area contributed by atoms with E-state index >= 15 is 0 Å². The summed E-state index contributed by atoms with van der Waals surface area (Å²) in [6.45, 7) is 11.7. The molecule has 0 atom stereocenters. The highest BCUT2D eigenvalue weighted by atomic mass is 28.4. The normalized spacial score (nSPS) is 18.9. The van der Waals surface area contributed by atoms with Gasteiger partial charge in [0.25, 0.3) is 0 Å². The van der Waals surface area contributed by atoms with E-state index < -0.39 is 8.32 Å². The molecule has 0 spiro atoms. The lowest BCUT2D eigenvalue weighted by Gasteiger charge is -2.40. The van der Waals surface area contributed by atoms with Gasteiger partial charge in [-0.2, -0.15) is 0 Å². The van der Waals surface area contributed by atoms with Crippen LogP contribution in [0.3, 0.4) is 0 Å². The Morgan fingerprint density at radius 3 is 1.89 bits per heavy atom. The van der Waals surface area contributed by atoms with Crippen LogP contribution in [0.25, 0.3) is 0 Å². The Labute approximate surface area is 173 Å². The predicted octanol–water partition coefficient (Wildman–Crippen LogP) is 7.02. The summed E-state index contributed by atoms with van der Waals surface area (Å²) in [6, 6.07) is 8.60. The lowest BCUT2D eigenvalue weighted by molar-refractivity contribution is -0.163. The average molecular weight is 404 g/mol. The Bertz CT molecular complexity index is 621. The van der Waals surface area contributed by atoms with Crippen molar-refractivity contribution in [2.24, 2.45) is 0 Å². The first-order valence-electron chi connectivity index (χ1n) is 11.3. The van der Waals surface area contributed by atoms with Gasteiger partial charge in [-0.05, 0) is 48.5 Å². The van der Waals surface area contributed by atoms with Crippen LogP contribution in [0.2, 0.25) is 18.1 Å². The zero-order chi connectivity index (χ0) is 20.6. The van der Waals surface area contributed by atoms with Crippen LogP contribution in [0.4, 0.5) is 0 Å². The van der Waals surface area contributed by atoms with Crippen molar-refractivity contribution in [1.29, 1.82) is 0 Å². The number of aryl methyl sites for hydroxylation is 1. The van der Waals surface area contributed by atoms with Crippen molar-refractivity contribution < 1.29 is 9.32 Å². The van der Waals surface area contributed by atoms with E-state index in [1.807, 2.05) is 0 Å². The third kappa shape index (κ3) is 7.04. The molecular formula is C24H41NO2Si. The molecule has 1 aliphatic rings. The highest BCUT2D eigenvalue weighted by Crippen LogP contribution is 2.37. The SMILES string of the molecule is CC(C)(C)[Si](C)(C)ON1Cc2ccccc2CCCCCCCCCCC1=O. The maximum Gasteiger partial charge on any atom is 0.245 e. The molecule has 3 nitrogen and oxygen atoms in total. The molecule has 2 rings (SSSR count). The molecule has 1 aromatic carbocycles. The second kappa shape index (κ2) is 10.6. The number of amides is 1. The summed E-state index contributed by atoms with van der Waals surface area (Å²) in [6.07, 6.45) is 11.6. The first-order chi connectivity index (χ1) is 13.2. The predicted molar refractivity (Wildman–Crippen MR) is 121 cm³/mol. The Kier molecular flexibility index (Phi) is 8.75. The Morgan fingerprint density at radius 1 is 0.821 bits per heavy atom. The summed E-state index contributed by atoms with van der Waals surface area (Å²) in [5.41, 5.74) is 2.61. The van der Waals surface area contributed by atoms with Crippen LogP contribution in [0, 0.1) is 0 Å². The lowest BCUT2D eigenvalue weighted by Crippen LogP contribution is -2.48. The van der Waals surface area contributed by atoms with Crippen LogP contribution in [-0.2, 0) is 22.3 Å². The van der Waals surface area contributed by atoms with Gasteiger partial charge in [0, 0.05) is 6.42 Å². The molecule has 1 heterocycles. The van der Waals surface area contributed by atoms with Gasteiger partial charge in [-0.15, -0.1) is 0 Å². The third-order valence-corrected chi connectivity index (χ3v) is 10.7. The number of benzene rings is 1. The smallest absolute Gasteiger partial charge is 0.245 e. The van der Waals surface area contributed by atoms with E-state index in [-0.39, 0.29) is 10.9 Å². The van der Waals surface area contributed by atoms with Crippen molar-refractivity contribution in [2.45, 2.75) is 110 Å². The highest BCUT2D eigenvalue weighted by molar-refractivity contribution is 6.74. The Morgan fingerprint density at radius 2 is 1.32 bits per heavy atom. The number of fused-ring (bicyclic) bond motifs is 1. The van der Waals surface area contributed by atoms with Crippen molar-refractivity contribution >= 4 is 14.2 Å². The van der Waals surface area contributed by atoms with Crippen LogP contribution in [0.1, 0.15) is 89.7 Å². The summed E-state index contributed by atoms with van der Waals surface area (Å²) in [5.74, 6) is 0.148. The van der Waals surface area contributed by atoms with Crippen molar-refractivity contribution in [3.63, 3.8) is 0 Å². The van der Waals surface area contributed by atoms with Gasteiger partial charge in [0.2, 0.25) is 14.2 Å². The first kappa shape index (κ1) is 23.1. The van der Waals surface area contributed by atoms with Crippen LogP contribution in [0.5, 0.6) is 0 Å². The Balaban J connectivity index is 2.24. The monoisotopic (exact) mass is 403 g/mol. The van der Waals surface area contributed by atoms with Crippen molar-refractivity contribution in [2.75, 3.05) is 0 Å². The van der Waals surface area contributed by atoms with Crippen molar-refractivity contribution in [3.8, 4) is 0 Å². The summed E-state index contributed by atoms with van der Waals surface area (Å²) in [7, 11) is -2.07. The maximum absolute atomic E-state index is 13.1. The summed E-state index contributed by atoms with van der Waals surface area (Å²) >= 11 is 0. The van der Waals surface area contributed by atoms with Crippen LogP contribution in [-0.4, -0.2) is 19.3 Å². The number of hydroxylamine groups is 2. The molecule has 0 saturated heterocycles. The minimum absolute atomic E-state index is 0.0732. The van der Waals surface area contributed by atoms with Crippen LogP contribution >= 0.6 is 0 Å². The molecule has 0 N–H and O–H groups in total. The molecule has 28 heavy (non-hydrogen) atoms. The largest absolute Gasteiger partial charge is 0.317 e. The number of nitrogens with zero attached hydrogens (tertiary/aromatic N) is 1. The second-order valence-corrected chi connectivity index (χ2v) is 14.6. The van der Waals surface area contributed by atoms with E-state index in [1.54, 1.807) is 5.06 Å².